The molecule has 3 N–H and O–H groups in total. The molecular formula is C16H17N3OS. The Morgan fingerprint density at radius 2 is 2.14 bits per heavy atom. The summed E-state index contributed by atoms with van der Waals surface area (Å²) in [5.74, 6) is 1.66. The van der Waals surface area contributed by atoms with Crippen molar-refractivity contribution in [2.24, 2.45) is 17.8 Å². The van der Waals surface area contributed by atoms with Crippen molar-refractivity contribution in [1.29, 1.82) is 0 Å². The maximum atomic E-state index is 12.2. The summed E-state index contributed by atoms with van der Waals surface area (Å²) >= 11 is 1.47. The molecule has 21 heavy (non-hydrogen) atoms. The second-order valence-electron chi connectivity index (χ2n) is 5.94. The zero-order chi connectivity index (χ0) is 14.4. The third kappa shape index (κ3) is 2.31. The van der Waals surface area contributed by atoms with Gasteiger partial charge < -0.3 is 11.1 Å². The van der Waals surface area contributed by atoms with E-state index in [1.165, 1.54) is 30.6 Å². The average Bonchev–Trinajstić information content (AvgIpc) is 2.83. The average molecular weight is 299 g/mol. The van der Waals surface area contributed by atoms with E-state index >= 15 is 0 Å². The van der Waals surface area contributed by atoms with Crippen LogP contribution in [0.5, 0.6) is 0 Å². The number of nitrogen functional groups attached to an aromatic ring is 1. The van der Waals surface area contributed by atoms with Gasteiger partial charge in [0.05, 0.1) is 5.69 Å². The van der Waals surface area contributed by atoms with E-state index in [1.807, 2.05) is 29.6 Å². The van der Waals surface area contributed by atoms with Gasteiger partial charge in [-0.25, -0.2) is 4.98 Å². The fourth-order valence-electron chi connectivity index (χ4n) is 3.56. The lowest BCUT2D eigenvalue weighted by molar-refractivity contribution is -0.118. The fraction of sp³-hybridized carbons (Fsp3) is 0.375. The van der Waals surface area contributed by atoms with Crippen molar-refractivity contribution in [1.82, 2.24) is 4.98 Å². The van der Waals surface area contributed by atoms with E-state index in [9.17, 15) is 4.79 Å². The van der Waals surface area contributed by atoms with Crippen LogP contribution >= 0.6 is 11.3 Å². The monoisotopic (exact) mass is 299 g/mol. The van der Waals surface area contributed by atoms with Gasteiger partial charge in [-0.2, -0.15) is 0 Å². The van der Waals surface area contributed by atoms with Crippen LogP contribution < -0.4 is 11.1 Å². The number of aromatic nitrogens is 1. The van der Waals surface area contributed by atoms with Gasteiger partial charge in [0.15, 0.2) is 5.13 Å². The van der Waals surface area contributed by atoms with Gasteiger partial charge in [0.25, 0.3) is 0 Å². The summed E-state index contributed by atoms with van der Waals surface area (Å²) in [6, 6.07) is 7.63. The third-order valence-electron chi connectivity index (χ3n) is 4.63. The topological polar surface area (TPSA) is 68.0 Å². The number of nitrogens with one attached hydrogen (secondary N) is 1. The van der Waals surface area contributed by atoms with Crippen molar-refractivity contribution in [2.75, 3.05) is 11.1 Å². The Morgan fingerprint density at radius 1 is 1.33 bits per heavy atom. The van der Waals surface area contributed by atoms with Crippen molar-refractivity contribution in [3.8, 4) is 11.3 Å². The highest BCUT2D eigenvalue weighted by Crippen LogP contribution is 2.57. The number of fused-ring (bicyclic) bond motifs is 1. The first-order valence-electron chi connectivity index (χ1n) is 7.35. The minimum absolute atomic E-state index is 0.151. The summed E-state index contributed by atoms with van der Waals surface area (Å²) < 4.78 is 0. The van der Waals surface area contributed by atoms with E-state index in [0.717, 1.165) is 16.9 Å². The molecule has 1 aromatic carbocycles. The Hall–Kier alpha value is -1.88. The Balaban J connectivity index is 1.46. The van der Waals surface area contributed by atoms with Gasteiger partial charge in [0, 0.05) is 22.5 Å². The number of nitrogens with zero attached hydrogens (tertiary/aromatic N) is 1. The number of thiazole rings is 1. The largest absolute Gasteiger partial charge is 0.399 e. The van der Waals surface area contributed by atoms with Gasteiger partial charge in [-0.15, -0.1) is 11.3 Å². The molecule has 1 aromatic heterocycles. The Morgan fingerprint density at radius 3 is 2.90 bits per heavy atom. The van der Waals surface area contributed by atoms with Crippen LogP contribution in [0.4, 0.5) is 10.8 Å². The van der Waals surface area contributed by atoms with Crippen LogP contribution in [0, 0.1) is 17.8 Å². The van der Waals surface area contributed by atoms with Gasteiger partial charge in [-0.1, -0.05) is 18.6 Å². The molecule has 0 bridgehead atoms. The molecule has 0 saturated heterocycles. The van der Waals surface area contributed by atoms with E-state index in [-0.39, 0.29) is 11.8 Å². The molecule has 2 saturated carbocycles. The Kier molecular flexibility index (Phi) is 2.96. The highest BCUT2D eigenvalue weighted by molar-refractivity contribution is 7.14. The molecule has 4 rings (SSSR count). The normalized spacial score (nSPS) is 26.4. The van der Waals surface area contributed by atoms with Crippen LogP contribution in [0.2, 0.25) is 0 Å². The van der Waals surface area contributed by atoms with E-state index < -0.39 is 0 Å². The lowest BCUT2D eigenvalue weighted by Gasteiger charge is -2.03. The molecule has 2 aliphatic rings. The second-order valence-corrected chi connectivity index (χ2v) is 6.80. The second kappa shape index (κ2) is 4.84. The van der Waals surface area contributed by atoms with Gasteiger partial charge in [0.1, 0.15) is 0 Å². The number of anilines is 2. The summed E-state index contributed by atoms with van der Waals surface area (Å²) in [6.45, 7) is 0. The van der Waals surface area contributed by atoms with Crippen LogP contribution in [0.1, 0.15) is 19.3 Å². The number of benzene rings is 1. The van der Waals surface area contributed by atoms with Gasteiger partial charge in [-0.3, -0.25) is 4.79 Å². The SMILES string of the molecule is Nc1cccc(-c2csc(NC(=O)C3C4CCCC43)n2)c1. The van der Waals surface area contributed by atoms with E-state index in [2.05, 4.69) is 10.3 Å². The molecule has 0 aliphatic heterocycles. The molecule has 5 heteroatoms. The number of nitrogens with two attached hydrogens (primary N) is 1. The van der Waals surface area contributed by atoms with Crippen LogP contribution in [-0.2, 0) is 4.79 Å². The van der Waals surface area contributed by atoms with Crippen molar-refractivity contribution < 1.29 is 4.79 Å². The minimum Gasteiger partial charge on any atom is -0.399 e. The summed E-state index contributed by atoms with van der Waals surface area (Å²) in [5.41, 5.74) is 8.35. The Bertz CT molecular complexity index is 686. The molecule has 108 valence electrons. The molecule has 0 spiro atoms. The minimum atomic E-state index is 0.151. The summed E-state index contributed by atoms with van der Waals surface area (Å²) in [5, 5.41) is 5.61. The lowest BCUT2D eigenvalue weighted by atomic mass is 10.1. The van der Waals surface area contributed by atoms with Crippen molar-refractivity contribution >= 4 is 28.1 Å². The molecular weight excluding hydrogens is 282 g/mol. The van der Waals surface area contributed by atoms with E-state index in [0.29, 0.717) is 17.0 Å². The van der Waals surface area contributed by atoms with Crippen molar-refractivity contribution in [3.05, 3.63) is 29.6 Å². The molecule has 2 aromatic rings. The van der Waals surface area contributed by atoms with Crippen LogP contribution in [0.3, 0.4) is 0 Å². The summed E-state index contributed by atoms with van der Waals surface area (Å²) in [4.78, 5) is 16.7. The predicted molar refractivity (Wildman–Crippen MR) is 84.9 cm³/mol. The molecule has 2 fully saturated rings. The summed E-state index contributed by atoms with van der Waals surface area (Å²) in [6.07, 6.45) is 3.72. The first-order valence-corrected chi connectivity index (χ1v) is 8.22. The van der Waals surface area contributed by atoms with Gasteiger partial charge >= 0.3 is 0 Å². The third-order valence-corrected chi connectivity index (χ3v) is 5.38. The first-order chi connectivity index (χ1) is 10.2. The molecule has 2 atom stereocenters. The summed E-state index contributed by atoms with van der Waals surface area (Å²) in [7, 11) is 0. The zero-order valence-electron chi connectivity index (χ0n) is 11.6. The van der Waals surface area contributed by atoms with Gasteiger partial charge in [-0.05, 0) is 36.8 Å². The standard InChI is InChI=1S/C16H17N3OS/c17-10-4-1-3-9(7-10)13-8-21-16(18-13)19-15(20)14-11-5-2-6-12(11)14/h1,3-4,7-8,11-12,14H,2,5-6,17H2,(H,18,19,20). The molecule has 1 heterocycles. The maximum absolute atomic E-state index is 12.2. The Labute approximate surface area is 127 Å². The van der Waals surface area contributed by atoms with E-state index in [4.69, 9.17) is 5.73 Å². The molecule has 2 unspecified atom stereocenters. The van der Waals surface area contributed by atoms with Crippen LogP contribution in [-0.4, -0.2) is 10.9 Å². The molecule has 1 amide bonds. The first kappa shape index (κ1) is 12.8. The maximum Gasteiger partial charge on any atom is 0.229 e. The fourth-order valence-corrected chi connectivity index (χ4v) is 4.28. The molecule has 4 nitrogen and oxygen atoms in total. The van der Waals surface area contributed by atoms with Gasteiger partial charge in [0.2, 0.25) is 5.91 Å². The predicted octanol–water partition coefficient (Wildman–Crippen LogP) is 3.38. The lowest BCUT2D eigenvalue weighted by Crippen LogP contribution is -2.16. The number of amides is 1. The quantitative estimate of drug-likeness (QED) is 0.854. The number of carbonyl (C=O) groups excluding carboxylic acids is 1. The number of carbonyl (C=O) groups is 1. The molecule has 2 aliphatic carbocycles. The smallest absolute Gasteiger partial charge is 0.229 e. The number of rotatable bonds is 3. The highest BCUT2D eigenvalue weighted by atomic mass is 32.1. The van der Waals surface area contributed by atoms with Crippen LogP contribution in [0.15, 0.2) is 29.6 Å². The molecule has 0 radical (unpaired) electrons. The van der Waals surface area contributed by atoms with Crippen molar-refractivity contribution in [3.63, 3.8) is 0 Å². The highest BCUT2D eigenvalue weighted by Gasteiger charge is 2.56. The zero-order valence-corrected chi connectivity index (χ0v) is 12.4. The van der Waals surface area contributed by atoms with Crippen LogP contribution in [0.25, 0.3) is 11.3 Å². The van der Waals surface area contributed by atoms with E-state index in [1.54, 1.807) is 0 Å². The number of hydrogen-bond donors (Lipinski definition) is 2. The number of hydrogen-bond acceptors (Lipinski definition) is 4. The van der Waals surface area contributed by atoms with Crippen molar-refractivity contribution in [2.45, 2.75) is 19.3 Å².